The van der Waals surface area contributed by atoms with Crippen molar-refractivity contribution in [1.29, 1.82) is 0 Å². The Morgan fingerprint density at radius 1 is 1.02 bits per heavy atom. The standard InChI is InChI=1S/C36H45N5O4/c1-2-32-37-29-13-6-7-14-31(29)41(32)21-16-33(42)40-20-15-28-27(25-40)12-8-9-17-36(18-22-45-23-19-36)35(44)39-30(34(43)38-28)24-26-10-4-3-5-11-26/h3-11,13-14,27-28,30H,2,12,15-25H2,1H3,(H,38,43)(H,39,44)/b9-8+/t27-,28+,30-/m1/s1. The van der Waals surface area contributed by atoms with E-state index in [9.17, 15) is 14.4 Å². The number of para-hydroxylation sites is 2. The van der Waals surface area contributed by atoms with Crippen molar-refractivity contribution in [3.8, 4) is 0 Å². The lowest BCUT2D eigenvalue weighted by Crippen LogP contribution is -2.58. The molecule has 3 atom stereocenters. The summed E-state index contributed by atoms with van der Waals surface area (Å²) in [5.74, 6) is 0.981. The van der Waals surface area contributed by atoms with Crippen molar-refractivity contribution < 1.29 is 19.1 Å². The molecule has 9 heteroatoms. The first-order chi connectivity index (χ1) is 22.0. The lowest BCUT2D eigenvalue weighted by molar-refractivity contribution is -0.140. The van der Waals surface area contributed by atoms with E-state index in [1.54, 1.807) is 0 Å². The number of aromatic nitrogens is 2. The minimum atomic E-state index is -0.680. The molecule has 4 heterocycles. The Hall–Kier alpha value is -3.98. The average Bonchev–Trinajstić information content (AvgIpc) is 3.44. The third kappa shape index (κ3) is 6.98. The topological polar surface area (TPSA) is 106 Å². The van der Waals surface area contributed by atoms with Gasteiger partial charge in [-0.25, -0.2) is 4.98 Å². The molecule has 3 aliphatic rings. The highest BCUT2D eigenvalue weighted by atomic mass is 16.5. The van der Waals surface area contributed by atoms with Crippen molar-refractivity contribution in [3.05, 3.63) is 78.1 Å². The van der Waals surface area contributed by atoms with E-state index in [0.717, 1.165) is 35.3 Å². The van der Waals surface area contributed by atoms with E-state index in [-0.39, 0.29) is 29.7 Å². The first kappa shape index (κ1) is 31.0. The zero-order chi connectivity index (χ0) is 31.2. The van der Waals surface area contributed by atoms with Gasteiger partial charge >= 0.3 is 0 Å². The lowest BCUT2D eigenvalue weighted by atomic mass is 9.75. The van der Waals surface area contributed by atoms with Crippen molar-refractivity contribution >= 4 is 28.8 Å². The number of amides is 3. The van der Waals surface area contributed by atoms with Gasteiger partial charge in [0.15, 0.2) is 0 Å². The van der Waals surface area contributed by atoms with Crippen molar-refractivity contribution in [3.63, 3.8) is 0 Å². The lowest BCUT2D eigenvalue weighted by Gasteiger charge is -2.40. The van der Waals surface area contributed by atoms with Crippen molar-refractivity contribution in [2.45, 2.75) is 76.9 Å². The van der Waals surface area contributed by atoms with Gasteiger partial charge in [-0.05, 0) is 49.8 Å². The van der Waals surface area contributed by atoms with E-state index < -0.39 is 11.5 Å². The number of carbonyl (C=O) groups is 3. The van der Waals surface area contributed by atoms with Crippen LogP contribution in [0.2, 0.25) is 0 Å². The zero-order valence-corrected chi connectivity index (χ0v) is 26.2. The number of hydrogen-bond acceptors (Lipinski definition) is 5. The van der Waals surface area contributed by atoms with Gasteiger partial charge in [-0.1, -0.05) is 61.5 Å². The molecule has 0 radical (unpaired) electrons. The van der Waals surface area contributed by atoms with Gasteiger partial charge < -0.3 is 24.8 Å². The molecule has 2 saturated heterocycles. The molecule has 3 amide bonds. The van der Waals surface area contributed by atoms with Gasteiger partial charge in [0, 0.05) is 64.1 Å². The van der Waals surface area contributed by atoms with Gasteiger partial charge in [-0.3, -0.25) is 14.4 Å². The first-order valence-electron chi connectivity index (χ1n) is 16.6. The van der Waals surface area contributed by atoms with Gasteiger partial charge in [0.1, 0.15) is 11.9 Å². The Kier molecular flexibility index (Phi) is 9.64. The van der Waals surface area contributed by atoms with Crippen LogP contribution in [0.25, 0.3) is 11.0 Å². The zero-order valence-electron chi connectivity index (χ0n) is 26.2. The molecule has 238 valence electrons. The highest BCUT2D eigenvalue weighted by Gasteiger charge is 2.41. The minimum absolute atomic E-state index is 0.0685. The molecule has 0 aliphatic carbocycles. The number of likely N-dealkylation sites (tertiary alicyclic amines) is 1. The van der Waals surface area contributed by atoms with Crippen LogP contribution >= 0.6 is 0 Å². The molecule has 2 fully saturated rings. The SMILES string of the molecule is CCc1nc2ccccc2n1CCC(=O)N1CC[C@@H]2NC(=O)[C@@H](Cc3ccccc3)NC(=O)C3(C/C=C/C[C@@H]2C1)CCOCC3. The van der Waals surface area contributed by atoms with E-state index in [1.165, 1.54) is 0 Å². The Morgan fingerprint density at radius 2 is 1.80 bits per heavy atom. The predicted octanol–water partition coefficient (Wildman–Crippen LogP) is 4.20. The maximum absolute atomic E-state index is 13.9. The summed E-state index contributed by atoms with van der Waals surface area (Å²) in [5.41, 5.74) is 2.43. The average molecular weight is 612 g/mol. The molecule has 2 N–H and O–H groups in total. The number of benzene rings is 2. The van der Waals surface area contributed by atoms with Crippen LogP contribution in [0, 0.1) is 11.3 Å². The number of aryl methyl sites for hydroxylation is 2. The van der Waals surface area contributed by atoms with Crippen molar-refractivity contribution in [1.82, 2.24) is 25.1 Å². The number of ether oxygens (including phenoxy) is 1. The molecule has 9 nitrogen and oxygen atoms in total. The number of allylic oxidation sites excluding steroid dienone is 2. The fourth-order valence-corrected chi connectivity index (χ4v) is 7.22. The summed E-state index contributed by atoms with van der Waals surface area (Å²) in [5, 5.41) is 6.46. The number of nitrogens with zero attached hydrogens (tertiary/aromatic N) is 3. The van der Waals surface area contributed by atoms with Crippen LogP contribution < -0.4 is 10.6 Å². The van der Waals surface area contributed by atoms with Crippen LogP contribution in [0.3, 0.4) is 0 Å². The normalized spacial score (nSPS) is 24.6. The molecule has 2 aromatic carbocycles. The third-order valence-electron chi connectivity index (χ3n) is 9.96. The van der Waals surface area contributed by atoms with Crippen molar-refractivity contribution in [2.24, 2.45) is 11.3 Å². The molecule has 45 heavy (non-hydrogen) atoms. The van der Waals surface area contributed by atoms with Crippen LogP contribution in [0.5, 0.6) is 0 Å². The van der Waals surface area contributed by atoms with Crippen molar-refractivity contribution in [2.75, 3.05) is 26.3 Å². The summed E-state index contributed by atoms with van der Waals surface area (Å²) >= 11 is 0. The summed E-state index contributed by atoms with van der Waals surface area (Å²) in [6, 6.07) is 17.2. The van der Waals surface area contributed by atoms with E-state index >= 15 is 0 Å². The Labute approximate surface area is 265 Å². The predicted molar refractivity (Wildman–Crippen MR) is 173 cm³/mol. The molecule has 1 spiro atoms. The number of hydrogen-bond donors (Lipinski definition) is 2. The number of imidazole rings is 1. The minimum Gasteiger partial charge on any atom is -0.381 e. The maximum atomic E-state index is 13.9. The van der Waals surface area contributed by atoms with Gasteiger partial charge in [0.05, 0.1) is 16.4 Å². The van der Waals surface area contributed by atoms with E-state index in [1.807, 2.05) is 53.4 Å². The summed E-state index contributed by atoms with van der Waals surface area (Å²) in [7, 11) is 0. The smallest absolute Gasteiger partial charge is 0.243 e. The van der Waals surface area contributed by atoms with E-state index in [0.29, 0.717) is 71.4 Å². The van der Waals surface area contributed by atoms with Gasteiger partial charge in [-0.2, -0.15) is 0 Å². The number of rotatable bonds is 6. The number of fused-ring (bicyclic) bond motifs is 2. The second kappa shape index (κ2) is 14.0. The summed E-state index contributed by atoms with van der Waals surface area (Å²) in [6.45, 7) is 4.94. The van der Waals surface area contributed by atoms with Gasteiger partial charge in [-0.15, -0.1) is 0 Å². The second-order valence-corrected chi connectivity index (χ2v) is 12.8. The molecule has 1 aromatic heterocycles. The maximum Gasteiger partial charge on any atom is 0.243 e. The fourth-order valence-electron chi connectivity index (χ4n) is 7.22. The first-order valence-corrected chi connectivity index (χ1v) is 16.6. The number of carbonyl (C=O) groups excluding carboxylic acids is 3. The quantitative estimate of drug-likeness (QED) is 0.407. The van der Waals surface area contributed by atoms with E-state index in [2.05, 4.69) is 40.3 Å². The monoisotopic (exact) mass is 611 g/mol. The molecule has 0 unspecified atom stereocenters. The van der Waals surface area contributed by atoms with Crippen LogP contribution in [-0.4, -0.2) is 70.6 Å². The summed E-state index contributed by atoms with van der Waals surface area (Å²) in [6.07, 6.45) is 9.20. The summed E-state index contributed by atoms with van der Waals surface area (Å²) in [4.78, 5) is 47.9. The van der Waals surface area contributed by atoms with Gasteiger partial charge in [0.2, 0.25) is 17.7 Å². The highest BCUT2D eigenvalue weighted by molar-refractivity contribution is 5.90. The Bertz CT molecular complexity index is 1530. The Balaban J connectivity index is 1.18. The van der Waals surface area contributed by atoms with Gasteiger partial charge in [0.25, 0.3) is 0 Å². The molecule has 0 saturated carbocycles. The fraction of sp³-hybridized carbons (Fsp3) is 0.500. The van der Waals surface area contributed by atoms with Crippen LogP contribution in [0.15, 0.2) is 66.7 Å². The largest absolute Gasteiger partial charge is 0.381 e. The molecule has 3 aliphatic heterocycles. The molecule has 6 rings (SSSR count). The molecular formula is C36H45N5O4. The Morgan fingerprint density at radius 3 is 2.60 bits per heavy atom. The molecule has 3 aromatic rings. The van der Waals surface area contributed by atoms with Crippen LogP contribution in [0.1, 0.15) is 56.8 Å². The van der Waals surface area contributed by atoms with Crippen LogP contribution in [0.4, 0.5) is 0 Å². The van der Waals surface area contributed by atoms with Crippen LogP contribution in [-0.2, 0) is 38.5 Å². The third-order valence-corrected chi connectivity index (χ3v) is 9.96. The highest BCUT2D eigenvalue weighted by Crippen LogP contribution is 2.36. The molecular weight excluding hydrogens is 566 g/mol. The van der Waals surface area contributed by atoms with E-state index in [4.69, 9.17) is 9.72 Å². The number of nitrogens with one attached hydrogen (secondary N) is 2. The summed E-state index contributed by atoms with van der Waals surface area (Å²) < 4.78 is 7.79. The number of piperidine rings is 1. The molecule has 0 bridgehead atoms. The second-order valence-electron chi connectivity index (χ2n) is 12.8.